The number of benzene rings is 2. The highest BCUT2D eigenvalue weighted by Crippen LogP contribution is 2.39. The van der Waals surface area contributed by atoms with E-state index in [4.69, 9.17) is 0 Å². The van der Waals surface area contributed by atoms with Crippen molar-refractivity contribution in [1.82, 2.24) is 9.80 Å². The van der Waals surface area contributed by atoms with E-state index in [-0.39, 0.29) is 23.0 Å². The van der Waals surface area contributed by atoms with Crippen LogP contribution >= 0.6 is 0 Å². The van der Waals surface area contributed by atoms with E-state index in [1.54, 1.807) is 24.3 Å². The van der Waals surface area contributed by atoms with Crippen molar-refractivity contribution >= 4 is 19.7 Å². The summed E-state index contributed by atoms with van der Waals surface area (Å²) in [5, 5.41) is 18.6. The quantitative estimate of drug-likeness (QED) is 0.300. The van der Waals surface area contributed by atoms with E-state index < -0.39 is 40.5 Å². The fourth-order valence-corrected chi connectivity index (χ4v) is 7.94. The van der Waals surface area contributed by atoms with Crippen LogP contribution in [0.3, 0.4) is 0 Å². The number of nitriles is 2. The first-order chi connectivity index (χ1) is 21.9. The molecule has 0 spiro atoms. The Hall–Kier alpha value is -3.18. The molecule has 0 aliphatic carbocycles. The zero-order chi connectivity index (χ0) is 35.2. The van der Waals surface area contributed by atoms with Gasteiger partial charge in [0.05, 0.1) is 20.9 Å². The molecule has 16 heteroatoms. The maximum Gasteiger partial charge on any atom is 0.501 e. The number of sulfone groups is 2. The van der Waals surface area contributed by atoms with Crippen LogP contribution in [0.15, 0.2) is 46.2 Å². The zero-order valence-electron chi connectivity index (χ0n) is 25.9. The summed E-state index contributed by atoms with van der Waals surface area (Å²) in [5.74, 6) is -0.202. The summed E-state index contributed by atoms with van der Waals surface area (Å²) in [6.07, 6.45) is 3.80. The number of piperidine rings is 2. The lowest BCUT2D eigenvalue weighted by Crippen LogP contribution is -2.33. The molecule has 8 nitrogen and oxygen atoms in total. The molecule has 4 rings (SSSR count). The van der Waals surface area contributed by atoms with Gasteiger partial charge in [0.15, 0.2) is 0 Å². The summed E-state index contributed by atoms with van der Waals surface area (Å²) in [4.78, 5) is 2.59. The van der Waals surface area contributed by atoms with Gasteiger partial charge in [-0.05, 0) is 106 Å². The number of hydrogen-bond donors (Lipinski definition) is 0. The van der Waals surface area contributed by atoms with E-state index in [0.29, 0.717) is 36.8 Å². The van der Waals surface area contributed by atoms with Gasteiger partial charge in [0.2, 0.25) is 0 Å². The monoisotopic (exact) mass is 706 g/mol. The molecule has 2 aliphatic rings. The lowest BCUT2D eigenvalue weighted by molar-refractivity contribution is -0.0442. The lowest BCUT2D eigenvalue weighted by Gasteiger charge is -2.32. The molecule has 2 saturated heterocycles. The van der Waals surface area contributed by atoms with E-state index in [1.165, 1.54) is 12.1 Å². The average molecular weight is 707 g/mol. The Bertz CT molecular complexity index is 1700. The zero-order valence-corrected chi connectivity index (χ0v) is 27.5. The van der Waals surface area contributed by atoms with Crippen molar-refractivity contribution in [3.8, 4) is 12.1 Å². The van der Waals surface area contributed by atoms with Crippen molar-refractivity contribution in [1.29, 1.82) is 10.5 Å². The van der Waals surface area contributed by atoms with E-state index in [1.807, 2.05) is 6.92 Å². The van der Waals surface area contributed by atoms with Crippen LogP contribution in [0.5, 0.6) is 0 Å². The van der Waals surface area contributed by atoms with Gasteiger partial charge in [0.1, 0.15) is 12.1 Å². The third kappa shape index (κ3) is 8.46. The first-order valence-electron chi connectivity index (χ1n) is 15.1. The van der Waals surface area contributed by atoms with E-state index >= 15 is 0 Å². The number of likely N-dealkylation sites (tertiary alicyclic amines) is 2. The van der Waals surface area contributed by atoms with Crippen molar-refractivity contribution in [2.45, 2.75) is 78.6 Å². The normalized spacial score (nSPS) is 17.7. The summed E-state index contributed by atoms with van der Waals surface area (Å²) < 4.78 is 124. The summed E-state index contributed by atoms with van der Waals surface area (Å²) in [5.41, 5.74) is -10.8. The van der Waals surface area contributed by atoms with E-state index in [9.17, 15) is 53.7 Å². The van der Waals surface area contributed by atoms with Gasteiger partial charge in [-0.2, -0.15) is 36.9 Å². The predicted molar refractivity (Wildman–Crippen MR) is 162 cm³/mol. The minimum absolute atomic E-state index is 0.101. The van der Waals surface area contributed by atoms with E-state index in [2.05, 4.69) is 16.7 Å². The number of halogens is 6. The maximum absolute atomic E-state index is 12.8. The predicted octanol–water partition coefficient (Wildman–Crippen LogP) is 6.49. The van der Waals surface area contributed by atoms with Crippen molar-refractivity contribution in [3.63, 3.8) is 0 Å². The van der Waals surface area contributed by atoms with Crippen LogP contribution in [0, 0.1) is 22.7 Å². The van der Waals surface area contributed by atoms with Crippen molar-refractivity contribution < 1.29 is 43.2 Å². The molecule has 2 heterocycles. The fraction of sp³-hybridized carbons (Fsp3) is 0.548. The highest BCUT2D eigenvalue weighted by atomic mass is 32.2. The van der Waals surface area contributed by atoms with Crippen molar-refractivity contribution in [3.05, 3.63) is 58.7 Å². The molecule has 0 bridgehead atoms. The van der Waals surface area contributed by atoms with Gasteiger partial charge in [0, 0.05) is 0 Å². The maximum atomic E-state index is 12.8. The highest BCUT2D eigenvalue weighted by Gasteiger charge is 2.49. The van der Waals surface area contributed by atoms with Crippen LogP contribution in [0.25, 0.3) is 0 Å². The summed E-state index contributed by atoms with van der Waals surface area (Å²) >= 11 is 0. The summed E-state index contributed by atoms with van der Waals surface area (Å²) in [7, 11) is -11.1. The Morgan fingerprint density at radius 3 is 1.34 bits per heavy atom. The molecule has 0 N–H and O–H groups in total. The number of rotatable bonds is 7. The number of hydrogen-bond acceptors (Lipinski definition) is 8. The molecule has 0 atom stereocenters. The van der Waals surface area contributed by atoms with Crippen LogP contribution in [0.2, 0.25) is 0 Å². The molecule has 2 fully saturated rings. The third-order valence-corrected chi connectivity index (χ3v) is 11.6. The Morgan fingerprint density at radius 2 is 1.04 bits per heavy atom. The molecule has 47 heavy (non-hydrogen) atoms. The van der Waals surface area contributed by atoms with Gasteiger partial charge < -0.3 is 9.80 Å². The van der Waals surface area contributed by atoms with Crippen LogP contribution in [-0.4, -0.2) is 76.9 Å². The van der Waals surface area contributed by atoms with Crippen LogP contribution in [0.4, 0.5) is 26.3 Å². The molecule has 2 aromatic rings. The van der Waals surface area contributed by atoms with Gasteiger partial charge in [-0.25, -0.2) is 16.8 Å². The molecule has 0 amide bonds. The molecule has 0 unspecified atom stereocenters. The molecule has 258 valence electrons. The van der Waals surface area contributed by atoms with Crippen LogP contribution in [0.1, 0.15) is 80.0 Å². The molecule has 0 radical (unpaired) electrons. The van der Waals surface area contributed by atoms with Crippen LogP contribution < -0.4 is 0 Å². The standard InChI is InChI=1S/C16H19F3N2O2S.C15H17F3N2O2S/c1-2-8-21-9-6-12(7-10-21)13-4-3-5-15(14(13)11-20)24(22,23)16(17,18)19;1-2-20-8-6-11(7-9-20)12-4-3-5-14(13(12)10-19)23(21,22)15(16,17)18/h3-5,12H,2,6-10H2,1H3;3-5,11H,2,6-9H2,1H3. The smallest absolute Gasteiger partial charge is 0.304 e. The third-order valence-electron chi connectivity index (χ3n) is 8.57. The second-order valence-corrected chi connectivity index (χ2v) is 15.2. The minimum Gasteiger partial charge on any atom is -0.304 e. The summed E-state index contributed by atoms with van der Waals surface area (Å²) in [6, 6.07) is 10.7. The Balaban J connectivity index is 0.000000256. The first-order valence-corrected chi connectivity index (χ1v) is 18.0. The topological polar surface area (TPSA) is 122 Å². The highest BCUT2D eigenvalue weighted by molar-refractivity contribution is 7.92. The second kappa shape index (κ2) is 15.4. The van der Waals surface area contributed by atoms with Gasteiger partial charge in [0.25, 0.3) is 19.7 Å². The Labute approximate surface area is 271 Å². The molecule has 0 saturated carbocycles. The van der Waals surface area contributed by atoms with Gasteiger partial charge in [-0.15, -0.1) is 0 Å². The SMILES string of the molecule is CCCN1CCC(c2cccc(S(=O)(=O)C(F)(F)F)c2C#N)CC1.CCN1CCC(c2cccc(S(=O)(=O)C(F)(F)F)c2C#N)CC1. The molecule has 2 aliphatic heterocycles. The molecular formula is C31H36F6N4O4S2. The van der Waals surface area contributed by atoms with Crippen molar-refractivity contribution in [2.75, 3.05) is 39.3 Å². The van der Waals surface area contributed by atoms with Gasteiger partial charge >= 0.3 is 11.0 Å². The average Bonchev–Trinajstić information content (AvgIpc) is 3.03. The van der Waals surface area contributed by atoms with Gasteiger partial charge in [-0.3, -0.25) is 0 Å². The lowest BCUT2D eigenvalue weighted by atomic mass is 9.86. The van der Waals surface area contributed by atoms with E-state index in [0.717, 1.165) is 57.8 Å². The van der Waals surface area contributed by atoms with Crippen LogP contribution in [-0.2, 0) is 19.7 Å². The largest absolute Gasteiger partial charge is 0.501 e. The second-order valence-electron chi connectivity index (χ2n) is 11.4. The number of nitrogens with zero attached hydrogens (tertiary/aromatic N) is 4. The van der Waals surface area contributed by atoms with Gasteiger partial charge in [-0.1, -0.05) is 38.1 Å². The molecule has 0 aromatic heterocycles. The molecule has 2 aromatic carbocycles. The van der Waals surface area contributed by atoms with Crippen molar-refractivity contribution in [2.24, 2.45) is 0 Å². The summed E-state index contributed by atoms with van der Waals surface area (Å²) in [6.45, 7) is 9.09. The molecular weight excluding hydrogens is 670 g/mol. The Kier molecular flexibility index (Phi) is 12.5. The fourth-order valence-electron chi connectivity index (χ4n) is 6.06. The Morgan fingerprint density at radius 1 is 0.681 bits per heavy atom. The minimum atomic E-state index is -5.53. The first kappa shape index (κ1) is 38.3. The number of alkyl halides is 6.